The van der Waals surface area contributed by atoms with Crippen LogP contribution < -0.4 is 5.32 Å². The minimum Gasteiger partial charge on any atom is -0.341 e. The minimum absolute atomic E-state index is 0.243. The summed E-state index contributed by atoms with van der Waals surface area (Å²) < 4.78 is 1.83. The first-order valence-electron chi connectivity index (χ1n) is 7.19. The van der Waals surface area contributed by atoms with Crippen molar-refractivity contribution < 1.29 is 4.79 Å². The number of aryl methyl sites for hydroxylation is 1. The first-order chi connectivity index (χ1) is 9.22. The summed E-state index contributed by atoms with van der Waals surface area (Å²) in [5, 5.41) is 7.48. The molecule has 104 valence electrons. The van der Waals surface area contributed by atoms with Crippen molar-refractivity contribution in [2.45, 2.75) is 25.2 Å². The zero-order valence-electron chi connectivity index (χ0n) is 11.5. The molecule has 1 amide bonds. The van der Waals surface area contributed by atoms with E-state index in [1.807, 2.05) is 22.8 Å². The number of likely N-dealkylation sites (tertiary alicyclic amines) is 1. The molecule has 19 heavy (non-hydrogen) atoms. The number of rotatable bonds is 5. The Morgan fingerprint density at radius 3 is 3.00 bits per heavy atom. The van der Waals surface area contributed by atoms with Crippen molar-refractivity contribution in [2.24, 2.45) is 13.0 Å². The van der Waals surface area contributed by atoms with Crippen LogP contribution in [0.2, 0.25) is 0 Å². The highest BCUT2D eigenvalue weighted by molar-refractivity contribution is 5.78. The van der Waals surface area contributed by atoms with Gasteiger partial charge in [0.1, 0.15) is 0 Å². The molecule has 2 aliphatic rings. The SMILES string of the molecule is Cn1cc(C2CCN(C(=O)CNCC3CC3)C2)cn1. The van der Waals surface area contributed by atoms with E-state index in [2.05, 4.69) is 16.6 Å². The maximum absolute atomic E-state index is 12.1. The molecule has 2 fully saturated rings. The lowest BCUT2D eigenvalue weighted by atomic mass is 10.0. The monoisotopic (exact) mass is 262 g/mol. The maximum atomic E-state index is 12.1. The molecule has 2 heterocycles. The normalized spacial score (nSPS) is 23.0. The van der Waals surface area contributed by atoms with Crippen LogP contribution in [0.5, 0.6) is 0 Å². The Bertz CT molecular complexity index is 452. The molecule has 5 nitrogen and oxygen atoms in total. The summed E-state index contributed by atoms with van der Waals surface area (Å²) >= 11 is 0. The predicted octanol–water partition coefficient (Wildman–Crippen LogP) is 0.736. The number of amides is 1. The third kappa shape index (κ3) is 3.15. The fraction of sp³-hybridized carbons (Fsp3) is 0.714. The van der Waals surface area contributed by atoms with Gasteiger partial charge < -0.3 is 10.2 Å². The molecule has 1 N–H and O–H groups in total. The van der Waals surface area contributed by atoms with Crippen LogP contribution >= 0.6 is 0 Å². The third-order valence-corrected chi connectivity index (χ3v) is 4.14. The van der Waals surface area contributed by atoms with Crippen molar-refractivity contribution >= 4 is 5.91 Å². The Morgan fingerprint density at radius 1 is 1.47 bits per heavy atom. The molecule has 0 radical (unpaired) electrons. The van der Waals surface area contributed by atoms with Crippen LogP contribution in [0.25, 0.3) is 0 Å². The zero-order chi connectivity index (χ0) is 13.2. The molecule has 1 saturated carbocycles. The van der Waals surface area contributed by atoms with Crippen molar-refractivity contribution in [1.82, 2.24) is 20.0 Å². The summed E-state index contributed by atoms with van der Waals surface area (Å²) in [6.07, 6.45) is 7.69. The number of nitrogens with zero attached hydrogens (tertiary/aromatic N) is 3. The Labute approximate surface area is 114 Å². The summed E-state index contributed by atoms with van der Waals surface area (Å²) in [6, 6.07) is 0. The highest BCUT2D eigenvalue weighted by Crippen LogP contribution is 2.28. The van der Waals surface area contributed by atoms with E-state index in [0.717, 1.165) is 32.0 Å². The fourth-order valence-corrected chi connectivity index (χ4v) is 2.73. The second-order valence-electron chi connectivity index (χ2n) is 5.85. The summed E-state index contributed by atoms with van der Waals surface area (Å²) in [5.41, 5.74) is 1.25. The van der Waals surface area contributed by atoms with E-state index in [1.54, 1.807) is 0 Å². The van der Waals surface area contributed by atoms with Crippen LogP contribution in [0, 0.1) is 5.92 Å². The minimum atomic E-state index is 0.243. The third-order valence-electron chi connectivity index (χ3n) is 4.14. The number of carbonyl (C=O) groups is 1. The average Bonchev–Trinajstić information content (AvgIpc) is 2.91. The number of nitrogens with one attached hydrogen (secondary N) is 1. The van der Waals surface area contributed by atoms with Crippen molar-refractivity contribution in [1.29, 1.82) is 0 Å². The number of hydrogen-bond acceptors (Lipinski definition) is 3. The van der Waals surface area contributed by atoms with Crippen LogP contribution in [0.4, 0.5) is 0 Å². The topological polar surface area (TPSA) is 50.2 Å². The van der Waals surface area contributed by atoms with Gasteiger partial charge in [0.2, 0.25) is 5.91 Å². The lowest BCUT2D eigenvalue weighted by Gasteiger charge is -2.16. The summed E-state index contributed by atoms with van der Waals surface area (Å²) in [6.45, 7) is 3.22. The van der Waals surface area contributed by atoms with Crippen molar-refractivity contribution in [2.75, 3.05) is 26.2 Å². The van der Waals surface area contributed by atoms with Gasteiger partial charge >= 0.3 is 0 Å². The second-order valence-corrected chi connectivity index (χ2v) is 5.85. The van der Waals surface area contributed by atoms with Crippen LogP contribution in [-0.4, -0.2) is 46.8 Å². The van der Waals surface area contributed by atoms with Gasteiger partial charge in [-0.25, -0.2) is 0 Å². The molecular formula is C14H22N4O. The molecule has 0 aromatic carbocycles. The highest BCUT2D eigenvalue weighted by Gasteiger charge is 2.28. The quantitative estimate of drug-likeness (QED) is 0.851. The van der Waals surface area contributed by atoms with Gasteiger partial charge in [-0.05, 0) is 37.3 Å². The van der Waals surface area contributed by atoms with Gasteiger partial charge in [0.25, 0.3) is 0 Å². The Hall–Kier alpha value is -1.36. The van der Waals surface area contributed by atoms with Crippen molar-refractivity contribution in [3.8, 4) is 0 Å². The van der Waals surface area contributed by atoms with E-state index in [0.29, 0.717) is 12.5 Å². The average molecular weight is 262 g/mol. The van der Waals surface area contributed by atoms with Crippen LogP contribution in [0.15, 0.2) is 12.4 Å². The summed E-state index contributed by atoms with van der Waals surface area (Å²) in [4.78, 5) is 14.1. The van der Waals surface area contributed by atoms with Crippen molar-refractivity contribution in [3.63, 3.8) is 0 Å². The first kappa shape index (κ1) is 12.7. The number of aromatic nitrogens is 2. The molecule has 1 aliphatic heterocycles. The van der Waals surface area contributed by atoms with Gasteiger partial charge in [0.15, 0.2) is 0 Å². The summed E-state index contributed by atoms with van der Waals surface area (Å²) in [5.74, 6) is 1.53. The molecule has 1 aliphatic carbocycles. The standard InChI is InChI=1S/C14H22N4O/c1-17-9-13(7-16-17)12-4-5-18(10-12)14(19)8-15-6-11-2-3-11/h7,9,11-12,15H,2-6,8,10H2,1H3. The van der Waals surface area contributed by atoms with Crippen LogP contribution in [-0.2, 0) is 11.8 Å². The largest absolute Gasteiger partial charge is 0.341 e. The van der Waals surface area contributed by atoms with Gasteiger partial charge in [0, 0.05) is 32.3 Å². The highest BCUT2D eigenvalue weighted by atomic mass is 16.2. The van der Waals surface area contributed by atoms with E-state index < -0.39 is 0 Å². The van der Waals surface area contributed by atoms with Crippen LogP contribution in [0.1, 0.15) is 30.7 Å². The van der Waals surface area contributed by atoms with Gasteiger partial charge in [-0.15, -0.1) is 0 Å². The van der Waals surface area contributed by atoms with Gasteiger partial charge in [-0.1, -0.05) is 0 Å². The lowest BCUT2D eigenvalue weighted by Crippen LogP contribution is -2.37. The fourth-order valence-electron chi connectivity index (χ4n) is 2.73. The zero-order valence-corrected chi connectivity index (χ0v) is 11.5. The Kier molecular flexibility index (Phi) is 3.55. The molecule has 0 bridgehead atoms. The van der Waals surface area contributed by atoms with E-state index in [1.165, 1.54) is 18.4 Å². The molecular weight excluding hydrogens is 240 g/mol. The molecule has 1 aromatic rings. The number of carbonyl (C=O) groups excluding carboxylic acids is 1. The van der Waals surface area contributed by atoms with E-state index in [-0.39, 0.29) is 5.91 Å². The Balaban J connectivity index is 1.46. The molecule has 1 saturated heterocycles. The van der Waals surface area contributed by atoms with E-state index in [4.69, 9.17) is 0 Å². The van der Waals surface area contributed by atoms with E-state index >= 15 is 0 Å². The predicted molar refractivity (Wildman–Crippen MR) is 72.7 cm³/mol. The Morgan fingerprint density at radius 2 is 2.32 bits per heavy atom. The van der Waals surface area contributed by atoms with Crippen LogP contribution in [0.3, 0.4) is 0 Å². The number of hydrogen-bond donors (Lipinski definition) is 1. The van der Waals surface area contributed by atoms with E-state index in [9.17, 15) is 4.79 Å². The van der Waals surface area contributed by atoms with Gasteiger partial charge in [-0.3, -0.25) is 9.48 Å². The molecule has 1 aromatic heterocycles. The summed E-state index contributed by atoms with van der Waals surface area (Å²) in [7, 11) is 1.93. The molecule has 3 rings (SSSR count). The smallest absolute Gasteiger partial charge is 0.236 e. The maximum Gasteiger partial charge on any atom is 0.236 e. The van der Waals surface area contributed by atoms with Gasteiger partial charge in [0.05, 0.1) is 12.7 Å². The van der Waals surface area contributed by atoms with Crippen molar-refractivity contribution in [3.05, 3.63) is 18.0 Å². The lowest BCUT2D eigenvalue weighted by molar-refractivity contribution is -0.129. The molecule has 0 spiro atoms. The molecule has 1 unspecified atom stereocenters. The second kappa shape index (κ2) is 5.33. The first-order valence-corrected chi connectivity index (χ1v) is 7.19. The molecule has 5 heteroatoms. The van der Waals surface area contributed by atoms with Gasteiger partial charge in [-0.2, -0.15) is 5.10 Å². The molecule has 1 atom stereocenters.